The summed E-state index contributed by atoms with van der Waals surface area (Å²) >= 11 is 0. The fraction of sp³-hybridized carbons (Fsp3) is 0.348. The van der Waals surface area contributed by atoms with Crippen molar-refractivity contribution in [3.63, 3.8) is 0 Å². The zero-order chi connectivity index (χ0) is 23.7. The summed E-state index contributed by atoms with van der Waals surface area (Å²) in [5.41, 5.74) is 0.380. The largest absolute Gasteiger partial charge is 0.497 e. The Labute approximate surface area is 188 Å². The molecule has 0 aliphatic carbocycles. The van der Waals surface area contributed by atoms with Crippen molar-refractivity contribution in [2.75, 3.05) is 20.8 Å². The van der Waals surface area contributed by atoms with Crippen LogP contribution < -0.4 is 19.6 Å². The fourth-order valence-electron chi connectivity index (χ4n) is 3.63. The summed E-state index contributed by atoms with van der Waals surface area (Å²) in [6, 6.07) is 11.2. The Kier molecular flexibility index (Phi) is 6.54. The number of rotatable bonds is 6. The maximum atomic E-state index is 13.0. The molecular weight excluding hydrogens is 436 g/mol. The summed E-state index contributed by atoms with van der Waals surface area (Å²) in [4.78, 5) is 13.0. The molecule has 10 heteroatoms. The van der Waals surface area contributed by atoms with Gasteiger partial charge in [-0.15, -0.1) is 0 Å². The topological polar surface area (TPSA) is 148 Å². The first-order valence-corrected chi connectivity index (χ1v) is 10.1. The number of benzene rings is 2. The Morgan fingerprint density at radius 3 is 2.24 bits per heavy atom. The number of fused-ring (bicyclic) bond motifs is 1. The molecule has 1 aliphatic heterocycles. The molecule has 4 rings (SSSR count). The van der Waals surface area contributed by atoms with Gasteiger partial charge in [-0.1, -0.05) is 0 Å². The molecule has 0 spiro atoms. The van der Waals surface area contributed by atoms with Crippen LogP contribution in [0.25, 0.3) is 22.3 Å². The molecule has 4 N–H and O–H groups in total. The highest BCUT2D eigenvalue weighted by Crippen LogP contribution is 2.34. The zero-order valence-corrected chi connectivity index (χ0v) is 17.9. The third-order valence-corrected chi connectivity index (χ3v) is 5.47. The van der Waals surface area contributed by atoms with Gasteiger partial charge in [-0.2, -0.15) is 0 Å². The van der Waals surface area contributed by atoms with Gasteiger partial charge < -0.3 is 43.8 Å². The molecule has 1 unspecified atom stereocenters. The molecule has 10 nitrogen and oxygen atoms in total. The van der Waals surface area contributed by atoms with Crippen LogP contribution in [0.2, 0.25) is 0 Å². The number of aliphatic hydroxyl groups is 4. The summed E-state index contributed by atoms with van der Waals surface area (Å²) in [6.07, 6.45) is -7.45. The van der Waals surface area contributed by atoms with Crippen molar-refractivity contribution in [1.82, 2.24) is 0 Å². The molecule has 5 atom stereocenters. The van der Waals surface area contributed by atoms with Crippen molar-refractivity contribution in [1.29, 1.82) is 0 Å². The fourth-order valence-corrected chi connectivity index (χ4v) is 3.63. The molecular formula is C23H24O10. The Morgan fingerprint density at radius 2 is 1.61 bits per heavy atom. The van der Waals surface area contributed by atoms with Crippen LogP contribution >= 0.6 is 0 Å². The third-order valence-electron chi connectivity index (χ3n) is 5.47. The van der Waals surface area contributed by atoms with E-state index in [-0.39, 0.29) is 16.7 Å². The number of methoxy groups -OCH3 is 2. The van der Waals surface area contributed by atoms with Crippen LogP contribution in [0, 0.1) is 0 Å². The average Bonchev–Trinajstić information content (AvgIpc) is 2.83. The van der Waals surface area contributed by atoms with Crippen molar-refractivity contribution in [2.45, 2.75) is 30.7 Å². The van der Waals surface area contributed by atoms with Gasteiger partial charge in [0.2, 0.25) is 6.29 Å². The Morgan fingerprint density at radius 1 is 0.909 bits per heavy atom. The van der Waals surface area contributed by atoms with Gasteiger partial charge in [-0.05, 0) is 24.3 Å². The maximum Gasteiger partial charge on any atom is 0.229 e. The molecule has 2 aromatic carbocycles. The number of hydrogen-bond acceptors (Lipinski definition) is 10. The van der Waals surface area contributed by atoms with Crippen LogP contribution in [0.1, 0.15) is 0 Å². The normalized spacial score (nSPS) is 25.1. The van der Waals surface area contributed by atoms with Crippen molar-refractivity contribution >= 4 is 11.0 Å². The minimum Gasteiger partial charge on any atom is -0.497 e. The van der Waals surface area contributed by atoms with E-state index in [0.717, 1.165) is 0 Å². The van der Waals surface area contributed by atoms with Crippen LogP contribution in [0.5, 0.6) is 17.2 Å². The molecule has 33 heavy (non-hydrogen) atoms. The highest BCUT2D eigenvalue weighted by molar-refractivity contribution is 5.86. The highest BCUT2D eigenvalue weighted by atomic mass is 16.7. The summed E-state index contributed by atoms with van der Waals surface area (Å²) < 4.78 is 27.5. The standard InChI is InChI=1S/C23H24O10/c1-29-12-5-3-11(4-6-12)15-9-14(25)19-16(31-15)7-13(30-2)8-17(19)32-23-22(28)21(27)20(26)18(10-24)33-23/h3-9,18,20-24,26-28H,10H2,1-2H3/t18-,20-,21+,22-,23?/m0/s1. The van der Waals surface area contributed by atoms with Gasteiger partial charge in [0.25, 0.3) is 0 Å². The SMILES string of the molecule is COc1ccc(-c2cc(=O)c3c(OC4O[C@@H](CO)[C@H](O)[C@@H](O)[C@@H]4O)cc(OC)cc3o2)cc1. The van der Waals surface area contributed by atoms with Crippen molar-refractivity contribution in [3.05, 3.63) is 52.7 Å². The predicted octanol–water partition coefficient (Wildman–Crippen LogP) is 0.656. The van der Waals surface area contributed by atoms with Gasteiger partial charge in [0.05, 0.1) is 20.8 Å². The van der Waals surface area contributed by atoms with Crippen LogP contribution in [0.15, 0.2) is 51.7 Å². The smallest absolute Gasteiger partial charge is 0.229 e. The second kappa shape index (κ2) is 9.38. The summed E-state index contributed by atoms with van der Waals surface area (Å²) in [5.74, 6) is 1.24. The lowest BCUT2D eigenvalue weighted by atomic mass is 9.99. The van der Waals surface area contributed by atoms with Gasteiger partial charge in [-0.3, -0.25) is 4.79 Å². The van der Waals surface area contributed by atoms with Gasteiger partial charge in [0.1, 0.15) is 58.4 Å². The lowest BCUT2D eigenvalue weighted by Gasteiger charge is -2.39. The molecule has 3 aromatic rings. The van der Waals surface area contributed by atoms with E-state index in [0.29, 0.717) is 22.8 Å². The maximum absolute atomic E-state index is 13.0. The molecule has 0 amide bonds. The molecule has 1 aliphatic rings. The Bertz CT molecular complexity index is 1170. The van der Waals surface area contributed by atoms with Crippen molar-refractivity contribution in [2.24, 2.45) is 0 Å². The van der Waals surface area contributed by atoms with Crippen molar-refractivity contribution < 1.29 is 43.8 Å². The zero-order valence-electron chi connectivity index (χ0n) is 17.9. The van der Waals surface area contributed by atoms with Gasteiger partial charge in [0.15, 0.2) is 5.43 Å². The average molecular weight is 460 g/mol. The molecule has 0 radical (unpaired) electrons. The summed E-state index contributed by atoms with van der Waals surface area (Å²) in [6.45, 7) is -0.614. The molecule has 1 fully saturated rings. The van der Waals surface area contributed by atoms with E-state index in [1.165, 1.54) is 25.3 Å². The summed E-state index contributed by atoms with van der Waals surface area (Å²) in [7, 11) is 2.97. The second-order valence-corrected chi connectivity index (χ2v) is 7.52. The molecule has 0 saturated carbocycles. The van der Waals surface area contributed by atoms with Gasteiger partial charge in [-0.25, -0.2) is 0 Å². The van der Waals surface area contributed by atoms with Gasteiger partial charge >= 0.3 is 0 Å². The first kappa shape index (κ1) is 23.0. The van der Waals surface area contributed by atoms with E-state index in [1.807, 2.05) is 0 Å². The quantitative estimate of drug-likeness (QED) is 0.413. The van der Waals surface area contributed by atoms with Crippen LogP contribution in [0.3, 0.4) is 0 Å². The Hall–Kier alpha value is -3.15. The Balaban J connectivity index is 1.76. The molecule has 2 heterocycles. The lowest BCUT2D eigenvalue weighted by molar-refractivity contribution is -0.277. The first-order chi connectivity index (χ1) is 15.9. The molecule has 176 valence electrons. The minimum atomic E-state index is -1.64. The van der Waals surface area contributed by atoms with Gasteiger partial charge in [0, 0.05) is 23.8 Å². The monoisotopic (exact) mass is 460 g/mol. The minimum absolute atomic E-state index is 0.0243. The van der Waals surface area contributed by atoms with Crippen molar-refractivity contribution in [3.8, 4) is 28.6 Å². The van der Waals surface area contributed by atoms with Crippen LogP contribution in [0.4, 0.5) is 0 Å². The van der Waals surface area contributed by atoms with E-state index in [9.17, 15) is 25.2 Å². The summed E-state index contributed by atoms with van der Waals surface area (Å²) in [5, 5.41) is 39.8. The number of aliphatic hydroxyl groups excluding tert-OH is 4. The molecule has 0 bridgehead atoms. The van der Waals surface area contributed by atoms with Crippen LogP contribution in [-0.4, -0.2) is 72.0 Å². The molecule has 1 aromatic heterocycles. The number of hydrogen-bond donors (Lipinski definition) is 4. The van der Waals surface area contributed by atoms with E-state index < -0.39 is 42.7 Å². The lowest BCUT2D eigenvalue weighted by Crippen LogP contribution is -2.60. The molecule has 1 saturated heterocycles. The second-order valence-electron chi connectivity index (χ2n) is 7.52. The first-order valence-electron chi connectivity index (χ1n) is 10.1. The number of ether oxygens (including phenoxy) is 4. The predicted molar refractivity (Wildman–Crippen MR) is 115 cm³/mol. The third kappa shape index (κ3) is 4.39. The van der Waals surface area contributed by atoms with Crippen LogP contribution in [-0.2, 0) is 4.74 Å². The highest BCUT2D eigenvalue weighted by Gasteiger charge is 2.45. The van der Waals surface area contributed by atoms with E-state index in [1.54, 1.807) is 31.4 Å². The van der Waals surface area contributed by atoms with E-state index in [4.69, 9.17) is 23.4 Å². The van der Waals surface area contributed by atoms with E-state index in [2.05, 4.69) is 0 Å². The van der Waals surface area contributed by atoms with E-state index >= 15 is 0 Å².